The molecule has 0 rings (SSSR count). The monoisotopic (exact) mass is 328 g/mol. The number of rotatable bonds is 4. The molecule has 0 radical (unpaired) electrons. The second kappa shape index (κ2) is 4.88. The van der Waals surface area contributed by atoms with Crippen LogP contribution in [0.2, 0.25) is 0 Å². The summed E-state index contributed by atoms with van der Waals surface area (Å²) in [7, 11) is 0. The molecule has 2 atom stereocenters. The van der Waals surface area contributed by atoms with Gasteiger partial charge in [0, 0.05) is 13.8 Å². The molecule has 0 aliphatic rings. The van der Waals surface area contributed by atoms with E-state index in [4.69, 9.17) is 0 Å². The minimum absolute atomic E-state index is 0.622. The molecule has 0 bridgehead atoms. The second-order valence-electron chi connectivity index (χ2n) is 4.02. The van der Waals surface area contributed by atoms with Crippen molar-refractivity contribution in [3.63, 3.8) is 0 Å². The quantitative estimate of drug-likeness (QED) is 0.681. The minimum atomic E-state index is -6.37. The van der Waals surface area contributed by atoms with Crippen LogP contribution < -0.4 is 0 Å². The van der Waals surface area contributed by atoms with Gasteiger partial charge in [-0.1, -0.05) is 0 Å². The summed E-state index contributed by atoms with van der Waals surface area (Å²) in [5.41, 5.74) is 0. The van der Waals surface area contributed by atoms with E-state index in [0.717, 1.165) is 0 Å². The summed E-state index contributed by atoms with van der Waals surface area (Å²) in [6.07, 6.45) is -12.5. The molecule has 12 heteroatoms. The van der Waals surface area contributed by atoms with Gasteiger partial charge < -0.3 is 0 Å². The van der Waals surface area contributed by atoms with Gasteiger partial charge in [0.25, 0.3) is 11.8 Å². The molecule has 0 aliphatic carbocycles. The third-order valence-electron chi connectivity index (χ3n) is 2.10. The zero-order chi connectivity index (χ0) is 16.8. The summed E-state index contributed by atoms with van der Waals surface area (Å²) in [4.78, 5) is 0. The molecule has 0 N–H and O–H groups in total. The molecular weight excluding hydrogens is 321 g/mol. The number of alkyl halides is 11. The van der Waals surface area contributed by atoms with Crippen molar-refractivity contribution in [2.75, 3.05) is 0 Å². The SMILES string of the molecule is CC(F)(F)C(C(F)(F)F)C(F)(F)C(C)(F)OC(F)(F)F. The topological polar surface area (TPSA) is 9.23 Å². The number of hydrogen-bond acceptors (Lipinski definition) is 1. The Labute approximate surface area is 104 Å². The van der Waals surface area contributed by atoms with Gasteiger partial charge in [-0.3, -0.25) is 0 Å². The van der Waals surface area contributed by atoms with Crippen LogP contribution in [0.3, 0.4) is 0 Å². The molecule has 0 heterocycles. The number of halogens is 11. The molecule has 0 spiro atoms. The molecule has 0 saturated heterocycles. The summed E-state index contributed by atoms with van der Waals surface area (Å²) in [6, 6.07) is 0. The first kappa shape index (κ1) is 19.2. The Kier molecular flexibility index (Phi) is 4.68. The van der Waals surface area contributed by atoms with E-state index in [0.29, 0.717) is 0 Å². The summed E-state index contributed by atoms with van der Waals surface area (Å²) < 4.78 is 139. The Morgan fingerprint density at radius 2 is 1.05 bits per heavy atom. The Morgan fingerprint density at radius 1 is 0.700 bits per heavy atom. The van der Waals surface area contributed by atoms with Gasteiger partial charge in [-0.25, -0.2) is 17.9 Å². The molecule has 0 aliphatic heterocycles. The molecule has 2 unspecified atom stereocenters. The largest absolute Gasteiger partial charge is 0.525 e. The van der Waals surface area contributed by atoms with Crippen LogP contribution in [0.4, 0.5) is 48.3 Å². The summed E-state index contributed by atoms with van der Waals surface area (Å²) >= 11 is 0. The van der Waals surface area contributed by atoms with Crippen LogP contribution in [-0.2, 0) is 4.74 Å². The van der Waals surface area contributed by atoms with Crippen LogP contribution in [0, 0.1) is 5.92 Å². The van der Waals surface area contributed by atoms with E-state index in [-0.39, 0.29) is 0 Å². The fourth-order valence-corrected chi connectivity index (χ4v) is 1.35. The lowest BCUT2D eigenvalue weighted by Gasteiger charge is -2.38. The molecule has 122 valence electrons. The summed E-state index contributed by atoms with van der Waals surface area (Å²) in [6.45, 7) is -1.34. The lowest BCUT2D eigenvalue weighted by Crippen LogP contribution is -2.60. The summed E-state index contributed by atoms with van der Waals surface area (Å²) in [5, 5.41) is 0. The van der Waals surface area contributed by atoms with Crippen molar-refractivity contribution >= 4 is 0 Å². The van der Waals surface area contributed by atoms with Gasteiger partial charge in [-0.05, 0) is 0 Å². The predicted molar refractivity (Wildman–Crippen MR) is 41.8 cm³/mol. The smallest absolute Gasteiger partial charge is 0.248 e. The Hall–Kier alpha value is -0.810. The van der Waals surface area contributed by atoms with E-state index >= 15 is 0 Å². The minimum Gasteiger partial charge on any atom is -0.248 e. The highest BCUT2D eigenvalue weighted by Crippen LogP contribution is 2.53. The van der Waals surface area contributed by atoms with Crippen LogP contribution in [0.25, 0.3) is 0 Å². The maximum Gasteiger partial charge on any atom is 0.525 e. The Bertz CT molecular complexity index is 320. The standard InChI is InChI=1S/C8H7F11O/c1-4(9,10)3(7(14,15)16)6(12,13)5(2,11)20-8(17,18)19/h3H,1-2H3. The maximum absolute atomic E-state index is 13.2. The average Bonchev–Trinajstić information content (AvgIpc) is 1.89. The lowest BCUT2D eigenvalue weighted by atomic mass is 9.89. The van der Waals surface area contributed by atoms with Crippen LogP contribution in [0.1, 0.15) is 13.8 Å². The molecule has 20 heavy (non-hydrogen) atoms. The molecule has 0 fully saturated rings. The first-order chi connectivity index (χ1) is 8.32. The average molecular weight is 328 g/mol. The van der Waals surface area contributed by atoms with Crippen LogP contribution in [0.5, 0.6) is 0 Å². The van der Waals surface area contributed by atoms with Crippen molar-refractivity contribution in [1.29, 1.82) is 0 Å². The Morgan fingerprint density at radius 3 is 1.25 bits per heavy atom. The molecule has 0 aromatic rings. The molecule has 0 aromatic carbocycles. The maximum atomic E-state index is 13.2. The first-order valence-corrected chi connectivity index (χ1v) is 4.60. The molecule has 1 nitrogen and oxygen atoms in total. The highest BCUT2D eigenvalue weighted by Gasteiger charge is 2.74. The van der Waals surface area contributed by atoms with Crippen molar-refractivity contribution < 1.29 is 53.0 Å². The zero-order valence-electron chi connectivity index (χ0n) is 9.64. The van der Waals surface area contributed by atoms with Crippen molar-refractivity contribution in [3.05, 3.63) is 0 Å². The Balaban J connectivity index is 5.77. The zero-order valence-corrected chi connectivity index (χ0v) is 9.64. The van der Waals surface area contributed by atoms with Crippen LogP contribution in [0.15, 0.2) is 0 Å². The second-order valence-corrected chi connectivity index (χ2v) is 4.02. The predicted octanol–water partition coefficient (Wildman–Crippen LogP) is 4.68. The molecular formula is C8H7F11O. The molecule has 0 aromatic heterocycles. The van der Waals surface area contributed by atoms with Crippen LogP contribution >= 0.6 is 0 Å². The summed E-state index contributed by atoms with van der Waals surface area (Å²) in [5.74, 6) is -21.8. The van der Waals surface area contributed by atoms with E-state index in [1.165, 1.54) is 0 Å². The van der Waals surface area contributed by atoms with Crippen molar-refractivity contribution in [2.45, 2.75) is 44.1 Å². The molecule has 0 saturated carbocycles. The van der Waals surface area contributed by atoms with E-state index < -0.39 is 50.0 Å². The number of hydrogen-bond donors (Lipinski definition) is 0. The molecule has 0 amide bonds. The normalized spacial score (nSPS) is 19.6. The van der Waals surface area contributed by atoms with E-state index in [2.05, 4.69) is 4.74 Å². The van der Waals surface area contributed by atoms with Gasteiger partial charge in [-0.15, -0.1) is 13.2 Å². The number of ether oxygens (including phenoxy) is 1. The van der Waals surface area contributed by atoms with Gasteiger partial charge in [0.05, 0.1) is 0 Å². The van der Waals surface area contributed by atoms with Crippen molar-refractivity contribution in [2.24, 2.45) is 5.92 Å². The van der Waals surface area contributed by atoms with Gasteiger partial charge in [0.2, 0.25) is 0 Å². The van der Waals surface area contributed by atoms with Gasteiger partial charge in [0.1, 0.15) is 0 Å². The van der Waals surface area contributed by atoms with E-state index in [1.54, 1.807) is 0 Å². The van der Waals surface area contributed by atoms with Gasteiger partial charge >= 0.3 is 18.5 Å². The lowest BCUT2D eigenvalue weighted by molar-refractivity contribution is -0.447. The highest BCUT2D eigenvalue weighted by atomic mass is 19.4. The highest BCUT2D eigenvalue weighted by molar-refractivity contribution is 4.97. The van der Waals surface area contributed by atoms with E-state index in [1.807, 2.05) is 0 Å². The van der Waals surface area contributed by atoms with Crippen molar-refractivity contribution in [3.8, 4) is 0 Å². The van der Waals surface area contributed by atoms with Gasteiger partial charge in [0.15, 0.2) is 5.92 Å². The van der Waals surface area contributed by atoms with Crippen molar-refractivity contribution in [1.82, 2.24) is 0 Å². The fraction of sp³-hybridized carbons (Fsp3) is 1.00. The van der Waals surface area contributed by atoms with Gasteiger partial charge in [-0.2, -0.15) is 22.0 Å². The first-order valence-electron chi connectivity index (χ1n) is 4.60. The van der Waals surface area contributed by atoms with Crippen LogP contribution in [-0.4, -0.2) is 30.2 Å². The van der Waals surface area contributed by atoms with E-state index in [9.17, 15) is 48.3 Å². The fourth-order valence-electron chi connectivity index (χ4n) is 1.35. The third-order valence-corrected chi connectivity index (χ3v) is 2.10. The third kappa shape index (κ3) is 4.35.